The summed E-state index contributed by atoms with van der Waals surface area (Å²) in [6.45, 7) is 5.54. The highest BCUT2D eigenvalue weighted by Crippen LogP contribution is 2.24. The van der Waals surface area contributed by atoms with Gasteiger partial charge in [-0.1, -0.05) is 42.5 Å². The summed E-state index contributed by atoms with van der Waals surface area (Å²) in [5.74, 6) is -0.0110. The third-order valence-corrected chi connectivity index (χ3v) is 5.15. The number of anilines is 2. The Labute approximate surface area is 159 Å². The van der Waals surface area contributed by atoms with Gasteiger partial charge < -0.3 is 10.2 Å². The molecule has 1 aromatic heterocycles. The maximum atomic E-state index is 12.8. The van der Waals surface area contributed by atoms with Crippen LogP contribution in [-0.2, 0) is 13.0 Å². The van der Waals surface area contributed by atoms with Crippen LogP contribution in [0.25, 0.3) is 0 Å². The van der Waals surface area contributed by atoms with Crippen LogP contribution >= 0.6 is 0 Å². The first-order chi connectivity index (χ1) is 13.1. The second-order valence-corrected chi connectivity index (χ2v) is 7.07. The minimum absolute atomic E-state index is 0.0110. The molecule has 1 N–H and O–H groups in total. The highest BCUT2D eigenvalue weighted by atomic mass is 16.2. The van der Waals surface area contributed by atoms with Gasteiger partial charge in [0.05, 0.1) is 11.9 Å². The zero-order valence-electron chi connectivity index (χ0n) is 15.7. The smallest absolute Gasteiger partial charge is 0.272 e. The molecule has 1 aliphatic rings. The number of hydrogen-bond donors (Lipinski definition) is 1. The molecule has 4 heteroatoms. The van der Waals surface area contributed by atoms with Gasteiger partial charge in [-0.2, -0.15) is 0 Å². The number of para-hydroxylation sites is 1. The molecule has 2 heterocycles. The standard InChI is InChI=1S/C23H23N3O/c1-16-6-5-7-17(2)22(16)25-20-10-11-21(24-14-20)23(27)26-13-12-18-8-3-4-9-19(18)15-26/h3-11,14,25H,12-13,15H2,1-2H3. The van der Waals surface area contributed by atoms with Crippen LogP contribution < -0.4 is 5.32 Å². The normalized spacial score (nSPS) is 13.2. The molecule has 4 nitrogen and oxygen atoms in total. The monoisotopic (exact) mass is 357 g/mol. The van der Waals surface area contributed by atoms with Gasteiger partial charge in [-0.3, -0.25) is 4.79 Å². The molecule has 1 amide bonds. The number of nitrogens with zero attached hydrogens (tertiary/aromatic N) is 2. The Morgan fingerprint density at radius 3 is 2.41 bits per heavy atom. The molecule has 0 unspecified atom stereocenters. The van der Waals surface area contributed by atoms with Gasteiger partial charge in [-0.25, -0.2) is 4.98 Å². The van der Waals surface area contributed by atoms with E-state index in [9.17, 15) is 4.79 Å². The summed E-state index contributed by atoms with van der Waals surface area (Å²) in [6, 6.07) is 18.3. The van der Waals surface area contributed by atoms with Crippen molar-refractivity contribution >= 4 is 17.3 Å². The quantitative estimate of drug-likeness (QED) is 0.743. The molecule has 0 aliphatic carbocycles. The number of rotatable bonds is 3. The molecule has 27 heavy (non-hydrogen) atoms. The number of fused-ring (bicyclic) bond motifs is 1. The largest absolute Gasteiger partial charge is 0.354 e. The Bertz CT molecular complexity index is 959. The summed E-state index contributed by atoms with van der Waals surface area (Å²) in [6.07, 6.45) is 2.63. The van der Waals surface area contributed by atoms with Crippen LogP contribution in [0, 0.1) is 13.8 Å². The van der Waals surface area contributed by atoms with E-state index in [4.69, 9.17) is 0 Å². The van der Waals surface area contributed by atoms with Gasteiger partial charge in [-0.05, 0) is 54.7 Å². The minimum atomic E-state index is -0.0110. The highest BCUT2D eigenvalue weighted by molar-refractivity contribution is 5.92. The molecule has 0 bridgehead atoms. The second-order valence-electron chi connectivity index (χ2n) is 7.07. The number of carbonyl (C=O) groups excluding carboxylic acids is 1. The van der Waals surface area contributed by atoms with E-state index in [2.05, 4.69) is 54.5 Å². The van der Waals surface area contributed by atoms with E-state index in [0.29, 0.717) is 12.2 Å². The van der Waals surface area contributed by atoms with Crippen LogP contribution in [0.5, 0.6) is 0 Å². The summed E-state index contributed by atoms with van der Waals surface area (Å²) in [5, 5.41) is 3.41. The lowest BCUT2D eigenvalue weighted by Crippen LogP contribution is -2.36. The van der Waals surface area contributed by atoms with Crippen LogP contribution in [0.2, 0.25) is 0 Å². The zero-order valence-corrected chi connectivity index (χ0v) is 15.7. The maximum Gasteiger partial charge on any atom is 0.272 e. The molecule has 0 radical (unpaired) electrons. The van der Waals surface area contributed by atoms with Gasteiger partial charge in [0.1, 0.15) is 5.69 Å². The average molecular weight is 357 g/mol. The fraction of sp³-hybridized carbons (Fsp3) is 0.217. The molecule has 0 spiro atoms. The van der Waals surface area contributed by atoms with Crippen LogP contribution in [0.3, 0.4) is 0 Å². The van der Waals surface area contributed by atoms with E-state index in [1.54, 1.807) is 12.3 Å². The molecule has 0 atom stereocenters. The van der Waals surface area contributed by atoms with Crippen LogP contribution in [0.1, 0.15) is 32.7 Å². The highest BCUT2D eigenvalue weighted by Gasteiger charge is 2.22. The topological polar surface area (TPSA) is 45.2 Å². The van der Waals surface area contributed by atoms with Crippen LogP contribution in [0.15, 0.2) is 60.8 Å². The number of benzene rings is 2. The average Bonchev–Trinajstić information content (AvgIpc) is 2.70. The summed E-state index contributed by atoms with van der Waals surface area (Å²) in [7, 11) is 0. The minimum Gasteiger partial charge on any atom is -0.354 e. The van der Waals surface area contributed by atoms with E-state index in [-0.39, 0.29) is 5.91 Å². The number of amides is 1. The first-order valence-electron chi connectivity index (χ1n) is 9.27. The van der Waals surface area contributed by atoms with Crippen molar-refractivity contribution in [2.24, 2.45) is 0 Å². The SMILES string of the molecule is Cc1cccc(C)c1Nc1ccc(C(=O)N2CCc3ccccc3C2)nc1. The van der Waals surface area contributed by atoms with Gasteiger partial charge in [0.15, 0.2) is 0 Å². The van der Waals surface area contributed by atoms with Gasteiger partial charge in [-0.15, -0.1) is 0 Å². The maximum absolute atomic E-state index is 12.8. The van der Waals surface area contributed by atoms with Crippen molar-refractivity contribution in [3.05, 3.63) is 88.7 Å². The van der Waals surface area contributed by atoms with E-state index < -0.39 is 0 Å². The van der Waals surface area contributed by atoms with E-state index in [1.165, 1.54) is 22.3 Å². The third kappa shape index (κ3) is 3.56. The number of pyridine rings is 1. The van der Waals surface area contributed by atoms with Crippen molar-refractivity contribution in [3.63, 3.8) is 0 Å². The number of aryl methyl sites for hydroxylation is 2. The molecule has 0 saturated carbocycles. The fourth-order valence-electron chi connectivity index (χ4n) is 3.58. The first-order valence-corrected chi connectivity index (χ1v) is 9.27. The number of hydrogen-bond acceptors (Lipinski definition) is 3. The van der Waals surface area contributed by atoms with Crippen molar-refractivity contribution < 1.29 is 4.79 Å². The molecule has 2 aromatic carbocycles. The predicted octanol–water partition coefficient (Wildman–Crippen LogP) is 4.64. The summed E-state index contributed by atoms with van der Waals surface area (Å²) in [4.78, 5) is 19.1. The van der Waals surface area contributed by atoms with Crippen molar-refractivity contribution in [3.8, 4) is 0 Å². The van der Waals surface area contributed by atoms with Gasteiger partial charge >= 0.3 is 0 Å². The van der Waals surface area contributed by atoms with Gasteiger partial charge in [0.2, 0.25) is 0 Å². The summed E-state index contributed by atoms with van der Waals surface area (Å²) >= 11 is 0. The summed E-state index contributed by atoms with van der Waals surface area (Å²) < 4.78 is 0. The van der Waals surface area contributed by atoms with Crippen molar-refractivity contribution in [1.29, 1.82) is 0 Å². The number of nitrogens with one attached hydrogen (secondary N) is 1. The summed E-state index contributed by atoms with van der Waals surface area (Å²) in [5.41, 5.74) is 7.39. The molecular weight excluding hydrogens is 334 g/mol. The van der Waals surface area contributed by atoms with Crippen molar-refractivity contribution in [2.45, 2.75) is 26.8 Å². The molecule has 1 aliphatic heterocycles. The lowest BCUT2D eigenvalue weighted by atomic mass is 10.00. The third-order valence-electron chi connectivity index (χ3n) is 5.15. The zero-order chi connectivity index (χ0) is 18.8. The number of aromatic nitrogens is 1. The van der Waals surface area contributed by atoms with Crippen molar-refractivity contribution in [1.82, 2.24) is 9.88 Å². The Balaban J connectivity index is 1.48. The lowest BCUT2D eigenvalue weighted by molar-refractivity contribution is 0.0729. The number of carbonyl (C=O) groups is 1. The van der Waals surface area contributed by atoms with Gasteiger partial charge in [0.25, 0.3) is 5.91 Å². The molecule has 136 valence electrons. The fourth-order valence-corrected chi connectivity index (χ4v) is 3.58. The molecule has 0 saturated heterocycles. The van der Waals surface area contributed by atoms with Crippen molar-refractivity contribution in [2.75, 3.05) is 11.9 Å². The Morgan fingerprint density at radius 2 is 1.70 bits per heavy atom. The molecule has 4 rings (SSSR count). The van der Waals surface area contributed by atoms with E-state index >= 15 is 0 Å². The molecule has 3 aromatic rings. The molecule has 0 fully saturated rings. The van der Waals surface area contributed by atoms with E-state index in [1.807, 2.05) is 23.1 Å². The first kappa shape index (κ1) is 17.3. The van der Waals surface area contributed by atoms with Gasteiger partial charge in [0, 0.05) is 18.8 Å². The van der Waals surface area contributed by atoms with Crippen LogP contribution in [-0.4, -0.2) is 22.3 Å². The Hall–Kier alpha value is -3.14. The second kappa shape index (κ2) is 7.23. The van der Waals surface area contributed by atoms with Crippen LogP contribution in [0.4, 0.5) is 11.4 Å². The predicted molar refractivity (Wildman–Crippen MR) is 108 cm³/mol. The Kier molecular flexibility index (Phi) is 4.63. The Morgan fingerprint density at radius 1 is 0.963 bits per heavy atom. The molecular formula is C23H23N3O. The van der Waals surface area contributed by atoms with E-state index in [0.717, 1.165) is 24.3 Å². The lowest BCUT2D eigenvalue weighted by Gasteiger charge is -2.28.